The van der Waals surface area contributed by atoms with Gasteiger partial charge in [0.2, 0.25) is 0 Å². The Balaban J connectivity index is 1.46. The maximum Gasteiger partial charge on any atom is 0.168 e. The molecule has 178 valence electrons. The molecule has 1 fully saturated rings. The van der Waals surface area contributed by atoms with E-state index in [1.54, 1.807) is 0 Å². The van der Waals surface area contributed by atoms with Crippen molar-refractivity contribution < 1.29 is 19.2 Å². The normalized spacial score (nSPS) is 20.7. The number of benzene rings is 2. The van der Waals surface area contributed by atoms with Crippen LogP contribution in [0.4, 0.5) is 5.69 Å². The number of nitrogens with zero attached hydrogens (tertiary/aromatic N) is 2. The maximum absolute atomic E-state index is 13.3. The highest BCUT2D eigenvalue weighted by atomic mass is 16.5. The molecular formula is C29H28N2O4. The summed E-state index contributed by atoms with van der Waals surface area (Å²) in [4.78, 5) is 30.5. The summed E-state index contributed by atoms with van der Waals surface area (Å²) in [6, 6.07) is 17.8. The van der Waals surface area contributed by atoms with Gasteiger partial charge in [0.1, 0.15) is 11.5 Å². The topological polar surface area (TPSA) is 92.8 Å². The predicted molar refractivity (Wildman–Crippen MR) is 133 cm³/mol. The van der Waals surface area contributed by atoms with E-state index < -0.39 is 0 Å². The molecule has 2 aromatic carbocycles. The number of carbonyl (C=O) groups is 2. The lowest BCUT2D eigenvalue weighted by Crippen LogP contribution is -2.26. The van der Waals surface area contributed by atoms with Crippen molar-refractivity contribution in [3.63, 3.8) is 0 Å². The van der Waals surface area contributed by atoms with E-state index in [1.165, 1.54) is 0 Å². The van der Waals surface area contributed by atoms with Gasteiger partial charge >= 0.3 is 0 Å². The Labute approximate surface area is 204 Å². The molecule has 5 rings (SSSR count). The average molecular weight is 469 g/mol. The Bertz CT molecular complexity index is 1320. The molecule has 1 unspecified atom stereocenters. The van der Waals surface area contributed by atoms with Gasteiger partial charge in [-0.05, 0) is 43.4 Å². The number of hydrogen-bond acceptors (Lipinski definition) is 6. The zero-order valence-electron chi connectivity index (χ0n) is 19.8. The molecule has 0 bridgehead atoms. The number of carbonyl (C=O) groups excluding carboxylic acids is 2. The summed E-state index contributed by atoms with van der Waals surface area (Å²) in [5, 5.41) is 15.2. The van der Waals surface area contributed by atoms with Gasteiger partial charge in [-0.2, -0.15) is 0 Å². The second kappa shape index (κ2) is 9.82. The predicted octanol–water partition coefficient (Wildman–Crippen LogP) is 6.17. The molecular weight excluding hydrogens is 440 g/mol. The van der Waals surface area contributed by atoms with Crippen LogP contribution in [0.5, 0.6) is 0 Å². The first-order valence-corrected chi connectivity index (χ1v) is 12.1. The van der Waals surface area contributed by atoms with E-state index in [0.29, 0.717) is 60.4 Å². The number of hydrogen-bond donors (Lipinski definition) is 1. The highest BCUT2D eigenvalue weighted by Crippen LogP contribution is 2.35. The van der Waals surface area contributed by atoms with Gasteiger partial charge in [0.05, 0.1) is 28.2 Å². The molecule has 0 aliphatic heterocycles. The molecule has 6 nitrogen and oxygen atoms in total. The minimum atomic E-state index is -0.119. The summed E-state index contributed by atoms with van der Waals surface area (Å²) in [5.41, 5.74) is 4.95. The van der Waals surface area contributed by atoms with Gasteiger partial charge in [0.25, 0.3) is 0 Å². The van der Waals surface area contributed by atoms with E-state index in [0.717, 1.165) is 23.2 Å². The number of Topliss-reactive ketones (excluding diaryl/α,β-unsaturated/α-hetero) is 2. The number of aliphatic hydroxyl groups excluding tert-OH is 1. The fraction of sp³-hybridized carbons (Fsp3) is 0.310. The molecule has 1 heterocycles. The highest BCUT2D eigenvalue weighted by molar-refractivity contribution is 6.25. The second-order valence-corrected chi connectivity index (χ2v) is 9.36. The monoisotopic (exact) mass is 468 g/mol. The average Bonchev–Trinajstić information content (AvgIpc) is 3.29. The Morgan fingerprint density at radius 3 is 2.57 bits per heavy atom. The minimum Gasteiger partial charge on any atom is -0.511 e. The van der Waals surface area contributed by atoms with Crippen molar-refractivity contribution in [1.82, 2.24) is 5.16 Å². The van der Waals surface area contributed by atoms with E-state index in [4.69, 9.17) is 9.52 Å². The van der Waals surface area contributed by atoms with Crippen LogP contribution in [0.1, 0.15) is 71.0 Å². The number of aliphatic imine (C=N–C) groups is 1. The first kappa shape index (κ1) is 23.0. The maximum atomic E-state index is 13.3. The van der Waals surface area contributed by atoms with E-state index >= 15 is 0 Å². The van der Waals surface area contributed by atoms with Crippen molar-refractivity contribution in [2.24, 2.45) is 4.99 Å². The third kappa shape index (κ3) is 4.87. The summed E-state index contributed by atoms with van der Waals surface area (Å²) in [5.74, 6) is 0.545. The summed E-state index contributed by atoms with van der Waals surface area (Å²) < 4.78 is 5.37. The van der Waals surface area contributed by atoms with Crippen LogP contribution in [0.15, 0.2) is 75.4 Å². The molecule has 2 aliphatic carbocycles. The van der Waals surface area contributed by atoms with Crippen molar-refractivity contribution in [3.8, 4) is 0 Å². The highest BCUT2D eigenvalue weighted by Gasteiger charge is 2.33. The summed E-state index contributed by atoms with van der Waals surface area (Å²) in [7, 11) is 0. The number of fused-ring (bicyclic) bond motifs is 1. The lowest BCUT2D eigenvalue weighted by Gasteiger charge is -2.26. The van der Waals surface area contributed by atoms with Crippen LogP contribution in [0.25, 0.3) is 0 Å². The van der Waals surface area contributed by atoms with Crippen LogP contribution in [0.3, 0.4) is 0 Å². The molecule has 1 saturated carbocycles. The molecule has 1 aromatic heterocycles. The number of aryl methyl sites for hydroxylation is 3. The lowest BCUT2D eigenvalue weighted by atomic mass is 9.78. The van der Waals surface area contributed by atoms with Gasteiger partial charge in [-0.1, -0.05) is 53.2 Å². The molecule has 0 radical (unpaired) electrons. The van der Waals surface area contributed by atoms with E-state index in [-0.39, 0.29) is 29.7 Å². The zero-order chi connectivity index (χ0) is 24.4. The van der Waals surface area contributed by atoms with Gasteiger partial charge in [-0.25, -0.2) is 0 Å². The minimum absolute atomic E-state index is 0.00429. The van der Waals surface area contributed by atoms with Crippen LogP contribution in [-0.2, 0) is 17.6 Å². The van der Waals surface area contributed by atoms with Crippen molar-refractivity contribution in [2.45, 2.75) is 57.8 Å². The summed E-state index contributed by atoms with van der Waals surface area (Å²) >= 11 is 0. The van der Waals surface area contributed by atoms with Gasteiger partial charge in [0.15, 0.2) is 11.6 Å². The van der Waals surface area contributed by atoms with Gasteiger partial charge in [-0.3, -0.25) is 14.6 Å². The first-order valence-electron chi connectivity index (χ1n) is 12.1. The third-order valence-electron chi connectivity index (χ3n) is 6.82. The molecule has 1 atom stereocenters. The van der Waals surface area contributed by atoms with E-state index in [9.17, 15) is 14.7 Å². The second-order valence-electron chi connectivity index (χ2n) is 9.36. The quantitative estimate of drug-likeness (QED) is 0.357. The lowest BCUT2D eigenvalue weighted by molar-refractivity contribution is -0.116. The summed E-state index contributed by atoms with van der Waals surface area (Å²) in [6.07, 6.45) is 3.35. The van der Waals surface area contributed by atoms with Crippen molar-refractivity contribution >= 4 is 23.0 Å². The Morgan fingerprint density at radius 2 is 1.80 bits per heavy atom. The molecule has 1 N–H and O–H groups in total. The van der Waals surface area contributed by atoms with E-state index in [1.807, 2.05) is 61.5 Å². The van der Waals surface area contributed by atoms with E-state index in [2.05, 4.69) is 5.16 Å². The molecule has 3 aromatic rings. The van der Waals surface area contributed by atoms with Crippen LogP contribution < -0.4 is 0 Å². The number of rotatable bonds is 5. The SMILES string of the molecule is Cc1ccc(N=C2CC(c3ccccc3)CC(=O)C2=C(O)CCc2noc3c2C(=O)CCC3)cc1. The van der Waals surface area contributed by atoms with Gasteiger partial charge in [0, 0.05) is 32.1 Å². The zero-order valence-corrected chi connectivity index (χ0v) is 19.8. The molecule has 6 heteroatoms. The largest absolute Gasteiger partial charge is 0.511 e. The molecule has 35 heavy (non-hydrogen) atoms. The number of aromatic nitrogens is 1. The molecule has 0 amide bonds. The van der Waals surface area contributed by atoms with Crippen LogP contribution in [0, 0.1) is 6.92 Å². The van der Waals surface area contributed by atoms with Crippen molar-refractivity contribution in [3.05, 3.63) is 94.1 Å². The fourth-order valence-corrected chi connectivity index (χ4v) is 4.98. The van der Waals surface area contributed by atoms with Crippen molar-refractivity contribution in [1.29, 1.82) is 0 Å². The molecule has 0 saturated heterocycles. The Kier molecular flexibility index (Phi) is 6.45. The first-order chi connectivity index (χ1) is 17.0. The van der Waals surface area contributed by atoms with Crippen LogP contribution in [0.2, 0.25) is 0 Å². The fourth-order valence-electron chi connectivity index (χ4n) is 4.98. The number of ketones is 2. The molecule has 0 spiro atoms. The Hall–Kier alpha value is -3.80. The standard InChI is InChI=1S/C29H28N2O4/c1-18-10-12-21(13-11-18)30-23-16-20(19-6-3-2-4-7-19)17-26(34)28(23)25(33)15-14-22-29-24(32)8-5-9-27(29)35-31-22/h2-4,6-7,10-13,20,33H,5,8-9,14-17H2,1H3. The van der Waals surface area contributed by atoms with Gasteiger partial charge < -0.3 is 9.63 Å². The summed E-state index contributed by atoms with van der Waals surface area (Å²) in [6.45, 7) is 2.01. The number of aliphatic hydroxyl groups is 1. The number of allylic oxidation sites excluding steroid dienone is 2. The van der Waals surface area contributed by atoms with Gasteiger partial charge in [-0.15, -0.1) is 0 Å². The molecule has 2 aliphatic rings. The smallest absolute Gasteiger partial charge is 0.168 e. The van der Waals surface area contributed by atoms with Crippen molar-refractivity contribution in [2.75, 3.05) is 0 Å². The van der Waals surface area contributed by atoms with Crippen LogP contribution >= 0.6 is 0 Å². The van der Waals surface area contributed by atoms with Crippen LogP contribution in [-0.4, -0.2) is 27.5 Å². The Morgan fingerprint density at radius 1 is 1.03 bits per heavy atom. The third-order valence-corrected chi connectivity index (χ3v) is 6.82.